The molecule has 0 unspecified atom stereocenters. The van der Waals surface area contributed by atoms with Gasteiger partial charge in [-0.15, -0.1) is 0 Å². The van der Waals surface area contributed by atoms with Crippen LogP contribution in [0.4, 0.5) is 0 Å². The fourth-order valence-electron chi connectivity index (χ4n) is 3.29. The van der Waals surface area contributed by atoms with Gasteiger partial charge in [0.05, 0.1) is 23.6 Å². The van der Waals surface area contributed by atoms with Crippen molar-refractivity contribution in [3.05, 3.63) is 102 Å². The molecule has 0 atom stereocenters. The smallest absolute Gasteiger partial charge is 0.220 e. The van der Waals surface area contributed by atoms with Crippen molar-refractivity contribution in [1.82, 2.24) is 20.1 Å². The number of rotatable bonds is 7. The largest absolute Gasteiger partial charge is 0.350 e. The summed E-state index contributed by atoms with van der Waals surface area (Å²) in [5, 5.41) is 7.77. The lowest BCUT2D eigenvalue weighted by Gasteiger charge is -2.05. The molecule has 0 aliphatic heterocycles. The van der Waals surface area contributed by atoms with Crippen LogP contribution in [0.3, 0.4) is 0 Å². The Morgan fingerprint density at radius 3 is 2.47 bits per heavy atom. The Bertz CT molecular complexity index is 1100. The molecule has 0 fully saturated rings. The van der Waals surface area contributed by atoms with Gasteiger partial charge in [0.1, 0.15) is 0 Å². The molecule has 0 bridgehead atoms. The average Bonchev–Trinajstić information content (AvgIpc) is 3.22. The van der Waals surface area contributed by atoms with E-state index >= 15 is 0 Å². The summed E-state index contributed by atoms with van der Waals surface area (Å²) in [5.41, 5.74) is 6.07. The monoisotopic (exact) mass is 396 g/mol. The third kappa shape index (κ3) is 4.81. The minimum atomic E-state index is 0.00275. The Kier molecular flexibility index (Phi) is 5.99. The molecule has 1 N–H and O–H groups in total. The zero-order chi connectivity index (χ0) is 20.8. The zero-order valence-electron chi connectivity index (χ0n) is 17.0. The molecule has 0 saturated carbocycles. The van der Waals surface area contributed by atoms with Crippen LogP contribution in [0, 0.1) is 6.92 Å². The lowest BCUT2D eigenvalue weighted by Crippen LogP contribution is -2.23. The van der Waals surface area contributed by atoms with E-state index in [1.165, 1.54) is 5.56 Å². The number of hydrogen-bond donors (Lipinski definition) is 1. The fourth-order valence-corrected chi connectivity index (χ4v) is 3.29. The van der Waals surface area contributed by atoms with Gasteiger partial charge in [-0.05, 0) is 43.2 Å². The second kappa shape index (κ2) is 9.18. The molecule has 2 heterocycles. The summed E-state index contributed by atoms with van der Waals surface area (Å²) in [4.78, 5) is 16.6. The third-order valence-electron chi connectivity index (χ3n) is 4.95. The molecule has 2 aromatic carbocycles. The molecule has 5 heteroatoms. The lowest BCUT2D eigenvalue weighted by atomic mass is 10.0. The van der Waals surface area contributed by atoms with Gasteiger partial charge in [0, 0.05) is 24.4 Å². The van der Waals surface area contributed by atoms with Crippen LogP contribution in [0.5, 0.6) is 0 Å². The van der Waals surface area contributed by atoms with Crippen molar-refractivity contribution in [3.8, 4) is 16.9 Å². The van der Waals surface area contributed by atoms with Gasteiger partial charge in [-0.3, -0.25) is 9.78 Å². The molecule has 2 aromatic heterocycles. The Morgan fingerprint density at radius 1 is 0.967 bits per heavy atom. The number of amides is 1. The van der Waals surface area contributed by atoms with E-state index in [9.17, 15) is 4.79 Å². The van der Waals surface area contributed by atoms with Crippen LogP contribution < -0.4 is 5.32 Å². The summed E-state index contributed by atoms with van der Waals surface area (Å²) in [7, 11) is 0. The second-order valence-electron chi connectivity index (χ2n) is 7.25. The lowest BCUT2D eigenvalue weighted by molar-refractivity contribution is -0.121. The van der Waals surface area contributed by atoms with Gasteiger partial charge < -0.3 is 5.32 Å². The van der Waals surface area contributed by atoms with Crippen LogP contribution in [0.25, 0.3) is 16.9 Å². The maximum absolute atomic E-state index is 12.4. The zero-order valence-corrected chi connectivity index (χ0v) is 17.0. The van der Waals surface area contributed by atoms with Gasteiger partial charge >= 0.3 is 0 Å². The number of carbonyl (C=O) groups is 1. The number of benzene rings is 2. The standard InChI is InChI=1S/C25H24N4O/c1-19-10-12-20(13-11-19)25-21(18-29(28-25)23-8-3-2-4-9-23)14-15-24(30)27-17-22-7-5-6-16-26-22/h2-13,16,18H,14-15,17H2,1H3,(H,27,30). The predicted octanol–water partition coefficient (Wildman–Crippen LogP) is 4.49. The number of pyridine rings is 1. The summed E-state index contributed by atoms with van der Waals surface area (Å²) in [5.74, 6) is 0.00275. The maximum atomic E-state index is 12.4. The van der Waals surface area contributed by atoms with Gasteiger partial charge in [-0.25, -0.2) is 4.68 Å². The molecule has 4 aromatic rings. The summed E-state index contributed by atoms with van der Waals surface area (Å²) >= 11 is 0. The second-order valence-corrected chi connectivity index (χ2v) is 7.25. The SMILES string of the molecule is Cc1ccc(-c2nn(-c3ccccc3)cc2CCC(=O)NCc2ccccn2)cc1. The molecule has 0 aliphatic rings. The fraction of sp³-hybridized carbons (Fsp3) is 0.160. The summed E-state index contributed by atoms with van der Waals surface area (Å²) in [6.45, 7) is 2.51. The Hall–Kier alpha value is -3.73. The first-order valence-corrected chi connectivity index (χ1v) is 10.1. The number of aryl methyl sites for hydroxylation is 2. The molecular weight excluding hydrogens is 372 g/mol. The number of nitrogens with one attached hydrogen (secondary N) is 1. The van der Waals surface area contributed by atoms with E-state index in [0.29, 0.717) is 19.4 Å². The van der Waals surface area contributed by atoms with Crippen LogP contribution in [0.2, 0.25) is 0 Å². The van der Waals surface area contributed by atoms with Crippen molar-refractivity contribution in [3.63, 3.8) is 0 Å². The van der Waals surface area contributed by atoms with Crippen LogP contribution in [0.1, 0.15) is 23.2 Å². The van der Waals surface area contributed by atoms with E-state index in [2.05, 4.69) is 41.5 Å². The van der Waals surface area contributed by atoms with Gasteiger partial charge in [0.15, 0.2) is 0 Å². The molecule has 5 nitrogen and oxygen atoms in total. The number of carbonyl (C=O) groups excluding carboxylic acids is 1. The van der Waals surface area contributed by atoms with Crippen molar-refractivity contribution >= 4 is 5.91 Å². The van der Waals surface area contributed by atoms with Crippen molar-refractivity contribution in [1.29, 1.82) is 0 Å². The van der Waals surface area contributed by atoms with Crippen LogP contribution in [0.15, 0.2) is 85.2 Å². The normalized spacial score (nSPS) is 10.7. The summed E-state index contributed by atoms with van der Waals surface area (Å²) in [6, 6.07) is 24.0. The van der Waals surface area contributed by atoms with Crippen molar-refractivity contribution in [2.24, 2.45) is 0 Å². The number of aromatic nitrogens is 3. The van der Waals surface area contributed by atoms with Gasteiger partial charge in [0.2, 0.25) is 5.91 Å². The Balaban J connectivity index is 1.51. The summed E-state index contributed by atoms with van der Waals surface area (Å²) < 4.78 is 1.89. The molecule has 0 spiro atoms. The highest BCUT2D eigenvalue weighted by atomic mass is 16.1. The molecular formula is C25H24N4O. The first-order chi connectivity index (χ1) is 14.7. The quantitative estimate of drug-likeness (QED) is 0.501. The molecule has 1 amide bonds. The van der Waals surface area contributed by atoms with E-state index < -0.39 is 0 Å². The Labute approximate surface area is 176 Å². The van der Waals surface area contributed by atoms with Crippen molar-refractivity contribution in [2.75, 3.05) is 0 Å². The molecule has 0 aliphatic carbocycles. The van der Waals surface area contributed by atoms with E-state index in [1.54, 1.807) is 6.20 Å². The molecule has 150 valence electrons. The molecule has 0 saturated heterocycles. The van der Waals surface area contributed by atoms with Gasteiger partial charge in [0.25, 0.3) is 0 Å². The van der Waals surface area contributed by atoms with E-state index in [4.69, 9.17) is 5.10 Å². The number of nitrogens with zero attached hydrogens (tertiary/aromatic N) is 3. The van der Waals surface area contributed by atoms with E-state index in [0.717, 1.165) is 28.2 Å². The molecule has 30 heavy (non-hydrogen) atoms. The summed E-state index contributed by atoms with van der Waals surface area (Å²) in [6.07, 6.45) is 4.76. The molecule has 0 radical (unpaired) electrons. The van der Waals surface area contributed by atoms with Gasteiger partial charge in [-0.2, -0.15) is 5.10 Å². The first kappa shape index (κ1) is 19.6. The first-order valence-electron chi connectivity index (χ1n) is 10.1. The van der Waals surface area contributed by atoms with E-state index in [-0.39, 0.29) is 5.91 Å². The predicted molar refractivity (Wildman–Crippen MR) is 118 cm³/mol. The Morgan fingerprint density at radius 2 is 1.73 bits per heavy atom. The van der Waals surface area contributed by atoms with Crippen LogP contribution in [-0.4, -0.2) is 20.7 Å². The average molecular weight is 396 g/mol. The minimum absolute atomic E-state index is 0.00275. The molecule has 4 rings (SSSR count). The highest BCUT2D eigenvalue weighted by Crippen LogP contribution is 2.25. The maximum Gasteiger partial charge on any atom is 0.220 e. The highest BCUT2D eigenvalue weighted by molar-refractivity contribution is 5.76. The number of para-hydroxylation sites is 1. The topological polar surface area (TPSA) is 59.8 Å². The minimum Gasteiger partial charge on any atom is -0.350 e. The highest BCUT2D eigenvalue weighted by Gasteiger charge is 2.14. The van der Waals surface area contributed by atoms with Gasteiger partial charge in [-0.1, -0.05) is 54.1 Å². The van der Waals surface area contributed by atoms with Crippen LogP contribution >= 0.6 is 0 Å². The van der Waals surface area contributed by atoms with Crippen molar-refractivity contribution in [2.45, 2.75) is 26.3 Å². The van der Waals surface area contributed by atoms with E-state index in [1.807, 2.05) is 59.4 Å². The van der Waals surface area contributed by atoms with Crippen molar-refractivity contribution < 1.29 is 4.79 Å². The van der Waals surface area contributed by atoms with Crippen LogP contribution in [-0.2, 0) is 17.8 Å². The third-order valence-corrected chi connectivity index (χ3v) is 4.95. The number of hydrogen-bond acceptors (Lipinski definition) is 3.